The molecule has 0 radical (unpaired) electrons. The molecule has 0 saturated carbocycles. The van der Waals surface area contributed by atoms with Crippen LogP contribution >= 0.6 is 11.6 Å². The minimum Gasteiger partial charge on any atom is -0.447 e. The lowest BCUT2D eigenvalue weighted by Crippen LogP contribution is -2.30. The second kappa shape index (κ2) is 9.56. The van der Waals surface area contributed by atoms with Gasteiger partial charge in [0.15, 0.2) is 5.69 Å². The topological polar surface area (TPSA) is 67.6 Å². The van der Waals surface area contributed by atoms with Gasteiger partial charge in [0.1, 0.15) is 6.26 Å². The van der Waals surface area contributed by atoms with Gasteiger partial charge in [0, 0.05) is 31.3 Å². The summed E-state index contributed by atoms with van der Waals surface area (Å²) in [4.78, 5) is 18.4. The molecule has 1 heterocycles. The molecule has 25 heavy (non-hydrogen) atoms. The number of carbonyl (C=O) groups excluding carboxylic acids is 1. The molecule has 136 valence electrons. The normalized spacial score (nSPS) is 11.3. The smallest absolute Gasteiger partial charge is 0.273 e. The van der Waals surface area contributed by atoms with Crippen LogP contribution in [-0.4, -0.2) is 42.1 Å². The lowest BCUT2D eigenvalue weighted by atomic mass is 10.2. The largest absolute Gasteiger partial charge is 0.447 e. The molecular weight excluding hydrogens is 342 g/mol. The number of hydrogen-bond acceptors (Lipinski definition) is 5. The summed E-state index contributed by atoms with van der Waals surface area (Å²) in [6.07, 6.45) is 1.38. The first kappa shape index (κ1) is 19.4. The minimum atomic E-state index is -0.269. The number of amides is 1. The first-order chi connectivity index (χ1) is 12.0. The highest BCUT2D eigenvalue weighted by Crippen LogP contribution is 2.19. The van der Waals surface area contributed by atoms with Gasteiger partial charge in [0.05, 0.1) is 13.2 Å². The van der Waals surface area contributed by atoms with Crippen molar-refractivity contribution in [2.75, 3.05) is 20.3 Å². The van der Waals surface area contributed by atoms with Crippen LogP contribution in [-0.2, 0) is 17.8 Å². The SMILES string of the molecule is COCCNC(=O)c1coc(CN(Cc2ccccc2Cl)C(C)C)n1. The number of ether oxygens (including phenoxy) is 1. The molecule has 0 aliphatic heterocycles. The van der Waals surface area contributed by atoms with Crippen LogP contribution in [0.4, 0.5) is 0 Å². The Morgan fingerprint density at radius 2 is 2.12 bits per heavy atom. The molecule has 0 aliphatic carbocycles. The van der Waals surface area contributed by atoms with Crippen molar-refractivity contribution in [1.82, 2.24) is 15.2 Å². The average Bonchev–Trinajstić information content (AvgIpc) is 3.05. The summed E-state index contributed by atoms with van der Waals surface area (Å²) in [6, 6.07) is 8.02. The molecule has 2 rings (SSSR count). The van der Waals surface area contributed by atoms with Crippen molar-refractivity contribution in [3.05, 3.63) is 52.7 Å². The van der Waals surface area contributed by atoms with Crippen molar-refractivity contribution in [2.24, 2.45) is 0 Å². The lowest BCUT2D eigenvalue weighted by molar-refractivity contribution is 0.0932. The highest BCUT2D eigenvalue weighted by molar-refractivity contribution is 6.31. The third kappa shape index (κ3) is 5.85. The first-order valence-corrected chi connectivity index (χ1v) is 8.58. The van der Waals surface area contributed by atoms with Gasteiger partial charge in [-0.25, -0.2) is 4.98 Å². The van der Waals surface area contributed by atoms with E-state index in [0.29, 0.717) is 32.1 Å². The molecule has 0 spiro atoms. The van der Waals surface area contributed by atoms with Gasteiger partial charge in [-0.2, -0.15) is 0 Å². The molecule has 1 aromatic carbocycles. The fourth-order valence-electron chi connectivity index (χ4n) is 2.29. The Bertz CT molecular complexity index is 688. The van der Waals surface area contributed by atoms with E-state index in [-0.39, 0.29) is 17.6 Å². The first-order valence-electron chi connectivity index (χ1n) is 8.20. The van der Waals surface area contributed by atoms with Crippen molar-refractivity contribution in [2.45, 2.75) is 33.0 Å². The third-order valence-electron chi connectivity index (χ3n) is 3.78. The minimum absolute atomic E-state index is 0.266. The summed E-state index contributed by atoms with van der Waals surface area (Å²) < 4.78 is 10.4. The van der Waals surface area contributed by atoms with E-state index in [1.54, 1.807) is 7.11 Å². The molecule has 1 aromatic heterocycles. The van der Waals surface area contributed by atoms with E-state index in [2.05, 4.69) is 29.0 Å². The Kier molecular flexibility index (Phi) is 7.43. The molecule has 7 heteroatoms. The fraction of sp³-hybridized carbons (Fsp3) is 0.444. The second-order valence-electron chi connectivity index (χ2n) is 5.97. The Hall–Kier alpha value is -1.89. The number of carbonyl (C=O) groups is 1. The second-order valence-corrected chi connectivity index (χ2v) is 6.37. The van der Waals surface area contributed by atoms with Crippen molar-refractivity contribution < 1.29 is 13.9 Å². The van der Waals surface area contributed by atoms with Gasteiger partial charge in [0.25, 0.3) is 5.91 Å². The summed E-state index contributed by atoms with van der Waals surface area (Å²) in [5.41, 5.74) is 1.31. The van der Waals surface area contributed by atoms with Crippen LogP contribution in [0, 0.1) is 0 Å². The van der Waals surface area contributed by atoms with E-state index in [9.17, 15) is 4.79 Å². The van der Waals surface area contributed by atoms with E-state index in [0.717, 1.165) is 10.6 Å². The predicted molar refractivity (Wildman–Crippen MR) is 96.5 cm³/mol. The lowest BCUT2D eigenvalue weighted by Gasteiger charge is -2.25. The third-order valence-corrected chi connectivity index (χ3v) is 4.14. The zero-order valence-corrected chi connectivity index (χ0v) is 15.5. The van der Waals surface area contributed by atoms with Crippen molar-refractivity contribution >= 4 is 17.5 Å². The number of oxazole rings is 1. The maximum Gasteiger partial charge on any atom is 0.273 e. The van der Waals surface area contributed by atoms with E-state index in [1.165, 1.54) is 6.26 Å². The molecular formula is C18H24ClN3O3. The maximum absolute atomic E-state index is 12.0. The fourth-order valence-corrected chi connectivity index (χ4v) is 2.48. The number of methoxy groups -OCH3 is 1. The van der Waals surface area contributed by atoms with Crippen molar-refractivity contribution in [1.29, 1.82) is 0 Å². The molecule has 0 aliphatic rings. The molecule has 0 bridgehead atoms. The zero-order valence-electron chi connectivity index (χ0n) is 14.8. The highest BCUT2D eigenvalue weighted by atomic mass is 35.5. The number of hydrogen-bond donors (Lipinski definition) is 1. The zero-order chi connectivity index (χ0) is 18.2. The number of rotatable bonds is 9. The van der Waals surface area contributed by atoms with Crippen LogP contribution in [0.15, 0.2) is 34.9 Å². The predicted octanol–water partition coefficient (Wildman–Crippen LogP) is 3.11. The van der Waals surface area contributed by atoms with Crippen LogP contribution in [0.25, 0.3) is 0 Å². The maximum atomic E-state index is 12.0. The van der Waals surface area contributed by atoms with E-state index >= 15 is 0 Å². The van der Waals surface area contributed by atoms with Crippen molar-refractivity contribution in [3.63, 3.8) is 0 Å². The van der Waals surface area contributed by atoms with Crippen LogP contribution in [0.5, 0.6) is 0 Å². The number of nitrogens with one attached hydrogen (secondary N) is 1. The van der Waals surface area contributed by atoms with Crippen LogP contribution < -0.4 is 5.32 Å². The molecule has 2 aromatic rings. The average molecular weight is 366 g/mol. The van der Waals surface area contributed by atoms with Gasteiger partial charge in [-0.15, -0.1) is 0 Å². The molecule has 0 unspecified atom stereocenters. The number of benzene rings is 1. The van der Waals surface area contributed by atoms with E-state index < -0.39 is 0 Å². The van der Waals surface area contributed by atoms with Crippen LogP contribution in [0.2, 0.25) is 5.02 Å². The Balaban J connectivity index is 2.00. The Morgan fingerprint density at radius 3 is 2.80 bits per heavy atom. The quantitative estimate of drug-likeness (QED) is 0.691. The summed E-state index contributed by atoms with van der Waals surface area (Å²) in [6.45, 7) is 6.25. The van der Waals surface area contributed by atoms with Gasteiger partial charge in [-0.3, -0.25) is 9.69 Å². The van der Waals surface area contributed by atoms with E-state index in [4.69, 9.17) is 20.8 Å². The molecule has 6 nitrogen and oxygen atoms in total. The Labute approximate surface area is 153 Å². The summed E-state index contributed by atoms with van der Waals surface area (Å²) in [5.74, 6) is 0.229. The van der Waals surface area contributed by atoms with Gasteiger partial charge >= 0.3 is 0 Å². The number of nitrogens with zero attached hydrogens (tertiary/aromatic N) is 2. The summed E-state index contributed by atoms with van der Waals surface area (Å²) >= 11 is 6.25. The van der Waals surface area contributed by atoms with Crippen molar-refractivity contribution in [3.8, 4) is 0 Å². The van der Waals surface area contributed by atoms with Gasteiger partial charge < -0.3 is 14.5 Å². The molecule has 1 amide bonds. The van der Waals surface area contributed by atoms with Gasteiger partial charge in [-0.1, -0.05) is 29.8 Å². The standard InChI is InChI=1S/C18H24ClN3O3/c1-13(2)22(10-14-6-4-5-7-15(14)19)11-17-21-16(12-25-17)18(23)20-8-9-24-3/h4-7,12-13H,8-11H2,1-3H3,(H,20,23). The van der Waals surface area contributed by atoms with Crippen LogP contribution in [0.1, 0.15) is 35.8 Å². The number of aromatic nitrogens is 1. The van der Waals surface area contributed by atoms with Gasteiger partial charge in [-0.05, 0) is 25.5 Å². The molecule has 0 atom stereocenters. The van der Waals surface area contributed by atoms with Crippen LogP contribution in [0.3, 0.4) is 0 Å². The van der Waals surface area contributed by atoms with E-state index in [1.807, 2.05) is 24.3 Å². The Morgan fingerprint density at radius 1 is 1.36 bits per heavy atom. The molecule has 1 N–H and O–H groups in total. The summed E-state index contributed by atoms with van der Waals surface area (Å²) in [5, 5.41) is 3.45. The molecule has 0 saturated heterocycles. The molecule has 0 fully saturated rings. The highest BCUT2D eigenvalue weighted by Gasteiger charge is 2.17. The summed E-state index contributed by atoms with van der Waals surface area (Å²) in [7, 11) is 1.58. The monoisotopic (exact) mass is 365 g/mol. The number of halogens is 1. The van der Waals surface area contributed by atoms with Gasteiger partial charge in [0.2, 0.25) is 5.89 Å².